The van der Waals surface area contributed by atoms with Crippen molar-refractivity contribution in [2.45, 2.75) is 96.7 Å². The number of unbranched alkanes of at least 4 members (excludes halogenated alkanes) is 9. The summed E-state index contributed by atoms with van der Waals surface area (Å²) in [5.41, 5.74) is 1.22. The molecule has 26 heavy (non-hydrogen) atoms. The molecule has 146 valence electrons. The zero-order valence-electron chi connectivity index (χ0n) is 16.8. The van der Waals surface area contributed by atoms with Gasteiger partial charge >= 0.3 is 0 Å². The number of nitrogens with zero attached hydrogens (tertiary/aromatic N) is 2. The lowest BCUT2D eigenvalue weighted by Crippen LogP contribution is -2.46. The van der Waals surface area contributed by atoms with E-state index >= 15 is 0 Å². The molecule has 2 nitrogen and oxygen atoms in total. The Morgan fingerprint density at radius 3 is 2.00 bits per heavy atom. The van der Waals surface area contributed by atoms with Crippen molar-refractivity contribution in [1.29, 1.82) is 0 Å². The normalized spacial score (nSPS) is 19.5. The molecule has 1 aliphatic heterocycles. The summed E-state index contributed by atoms with van der Waals surface area (Å²) in [5.74, 6) is 0. The first-order chi connectivity index (χ1) is 12.7. The lowest BCUT2D eigenvalue weighted by atomic mass is 10.00. The van der Waals surface area contributed by atoms with Gasteiger partial charge in [-0.2, -0.15) is 0 Å². The second-order valence-electron chi connectivity index (χ2n) is 7.87. The van der Waals surface area contributed by atoms with Gasteiger partial charge in [0.1, 0.15) is 5.66 Å². The van der Waals surface area contributed by atoms with Gasteiger partial charge in [0.2, 0.25) is 0 Å². The van der Waals surface area contributed by atoms with E-state index in [1.807, 2.05) is 10.6 Å². The van der Waals surface area contributed by atoms with E-state index in [1.54, 1.807) is 0 Å². The predicted octanol–water partition coefficient (Wildman–Crippen LogP) is 7.46. The molecule has 0 radical (unpaired) electrons. The van der Waals surface area contributed by atoms with E-state index in [0.29, 0.717) is 0 Å². The highest BCUT2D eigenvalue weighted by Gasteiger charge is 2.37. The fourth-order valence-electron chi connectivity index (χ4n) is 3.78. The fraction of sp³-hybridized carbons (Fsp3) is 0.652. The molecule has 1 unspecified atom stereocenters. The summed E-state index contributed by atoms with van der Waals surface area (Å²) in [6.45, 7) is 5.45. The third-order valence-corrected chi connectivity index (χ3v) is 6.13. The van der Waals surface area contributed by atoms with E-state index in [4.69, 9.17) is 11.8 Å². The molecule has 0 fully saturated rings. The van der Waals surface area contributed by atoms with Gasteiger partial charge in [0.25, 0.3) is 0 Å². The van der Waals surface area contributed by atoms with Crippen molar-refractivity contribution in [2.24, 2.45) is 0 Å². The van der Waals surface area contributed by atoms with Crippen molar-refractivity contribution >= 4 is 11.8 Å². The monoisotopic (exact) mass is 376 g/mol. The Morgan fingerprint density at radius 2 is 1.38 bits per heavy atom. The Hall–Kier alpha value is -1.15. The molecule has 1 aromatic rings. The van der Waals surface area contributed by atoms with Crippen LogP contribution in [-0.4, -0.2) is 15.0 Å². The zero-order valence-corrected chi connectivity index (χ0v) is 17.6. The largest absolute Gasteiger partial charge is 0.348 e. The first kappa shape index (κ1) is 21.2. The molecular weight excluding hydrogens is 340 g/mol. The lowest BCUT2D eigenvalue weighted by molar-refractivity contribution is 0.0805. The summed E-state index contributed by atoms with van der Waals surface area (Å²) < 4.78 is 1.86. The van der Waals surface area contributed by atoms with E-state index in [1.165, 1.54) is 69.8 Å². The molecular formula is C23H37ClN2. The van der Waals surface area contributed by atoms with Gasteiger partial charge in [-0.1, -0.05) is 95.0 Å². The minimum absolute atomic E-state index is 0.114. The second-order valence-corrected chi connectivity index (χ2v) is 8.24. The standard InChI is InChI=1S/C23H37ClN2/c1-3-4-5-6-7-8-9-10-11-15-18-23(2)25(19-20-26(23)24)21-22-16-13-12-14-17-22/h12-14,16-17,19-20H,3-11,15,18,21H2,1-2H3. The minimum Gasteiger partial charge on any atom is -0.348 e. The maximum atomic E-state index is 6.51. The van der Waals surface area contributed by atoms with Crippen LogP contribution in [0.2, 0.25) is 0 Å². The molecule has 0 saturated heterocycles. The van der Waals surface area contributed by atoms with E-state index in [0.717, 1.165) is 13.0 Å². The van der Waals surface area contributed by atoms with Gasteiger partial charge in [-0.05, 0) is 25.3 Å². The van der Waals surface area contributed by atoms with Crippen LogP contribution in [0.4, 0.5) is 0 Å². The van der Waals surface area contributed by atoms with Crippen molar-refractivity contribution in [3.8, 4) is 0 Å². The van der Waals surface area contributed by atoms with Crippen LogP contribution in [0.5, 0.6) is 0 Å². The molecule has 1 atom stereocenters. The van der Waals surface area contributed by atoms with Crippen LogP contribution in [0.25, 0.3) is 0 Å². The molecule has 0 amide bonds. The van der Waals surface area contributed by atoms with E-state index in [9.17, 15) is 0 Å². The first-order valence-electron chi connectivity index (χ1n) is 10.6. The highest BCUT2D eigenvalue weighted by Crippen LogP contribution is 2.35. The molecule has 2 rings (SSSR count). The van der Waals surface area contributed by atoms with E-state index in [2.05, 4.69) is 55.3 Å². The maximum Gasteiger partial charge on any atom is 0.125 e. The molecule has 0 saturated carbocycles. The molecule has 0 bridgehead atoms. The molecule has 1 aliphatic rings. The van der Waals surface area contributed by atoms with Gasteiger partial charge in [0.15, 0.2) is 0 Å². The van der Waals surface area contributed by atoms with E-state index < -0.39 is 0 Å². The van der Waals surface area contributed by atoms with Gasteiger partial charge in [-0.15, -0.1) is 0 Å². The summed E-state index contributed by atoms with van der Waals surface area (Å²) in [5, 5.41) is 0. The number of benzene rings is 1. The molecule has 0 aromatic heterocycles. The van der Waals surface area contributed by atoms with Crippen LogP contribution >= 0.6 is 11.8 Å². The number of hydrogen-bond acceptors (Lipinski definition) is 2. The average molecular weight is 377 g/mol. The smallest absolute Gasteiger partial charge is 0.125 e. The van der Waals surface area contributed by atoms with Crippen LogP contribution in [0.3, 0.4) is 0 Å². The Kier molecular flexibility index (Phi) is 9.39. The van der Waals surface area contributed by atoms with Crippen molar-refractivity contribution in [3.05, 3.63) is 48.3 Å². The van der Waals surface area contributed by atoms with Crippen molar-refractivity contribution < 1.29 is 0 Å². The third kappa shape index (κ3) is 6.54. The highest BCUT2D eigenvalue weighted by atomic mass is 35.5. The summed E-state index contributed by atoms with van der Waals surface area (Å²) in [4.78, 5) is 2.38. The molecule has 1 heterocycles. The highest BCUT2D eigenvalue weighted by molar-refractivity contribution is 6.14. The van der Waals surface area contributed by atoms with Crippen molar-refractivity contribution in [3.63, 3.8) is 0 Å². The van der Waals surface area contributed by atoms with Gasteiger partial charge in [0.05, 0.1) is 0 Å². The summed E-state index contributed by atoms with van der Waals surface area (Å²) in [6, 6.07) is 10.7. The predicted molar refractivity (Wildman–Crippen MR) is 114 cm³/mol. The van der Waals surface area contributed by atoms with Crippen LogP contribution in [0.15, 0.2) is 42.7 Å². The Bertz CT molecular complexity index is 516. The Morgan fingerprint density at radius 1 is 0.808 bits per heavy atom. The van der Waals surface area contributed by atoms with Gasteiger partial charge in [-0.25, -0.2) is 0 Å². The maximum absolute atomic E-state index is 6.51. The molecule has 0 N–H and O–H groups in total. The third-order valence-electron chi connectivity index (χ3n) is 5.66. The van der Waals surface area contributed by atoms with Gasteiger partial charge < -0.3 is 4.90 Å². The van der Waals surface area contributed by atoms with Crippen LogP contribution < -0.4 is 0 Å². The van der Waals surface area contributed by atoms with Crippen molar-refractivity contribution in [1.82, 2.24) is 9.32 Å². The molecule has 1 aromatic carbocycles. The Balaban J connectivity index is 1.65. The van der Waals surface area contributed by atoms with E-state index in [-0.39, 0.29) is 5.66 Å². The number of halogens is 1. The van der Waals surface area contributed by atoms with Crippen LogP contribution in [0, 0.1) is 0 Å². The summed E-state index contributed by atoms with van der Waals surface area (Å²) in [7, 11) is 0. The zero-order chi connectivity index (χ0) is 18.7. The quantitative estimate of drug-likeness (QED) is 0.260. The fourth-order valence-corrected chi connectivity index (χ4v) is 4.02. The SMILES string of the molecule is CCCCCCCCCCCCC1(C)N(Cl)C=CN1Cc1ccccc1. The molecule has 0 aliphatic carbocycles. The average Bonchev–Trinajstić information content (AvgIpc) is 2.93. The van der Waals surface area contributed by atoms with Crippen LogP contribution in [0.1, 0.15) is 90.0 Å². The molecule has 0 spiro atoms. The summed E-state index contributed by atoms with van der Waals surface area (Å²) >= 11 is 6.51. The van der Waals surface area contributed by atoms with Gasteiger partial charge in [0, 0.05) is 30.7 Å². The Labute approximate surface area is 166 Å². The lowest BCUT2D eigenvalue weighted by Gasteiger charge is -2.40. The second kappa shape index (κ2) is 11.5. The number of rotatable bonds is 13. The topological polar surface area (TPSA) is 6.48 Å². The molecule has 3 heteroatoms. The van der Waals surface area contributed by atoms with Crippen molar-refractivity contribution in [2.75, 3.05) is 0 Å². The van der Waals surface area contributed by atoms with Crippen LogP contribution in [-0.2, 0) is 6.54 Å². The minimum atomic E-state index is -0.114. The summed E-state index contributed by atoms with van der Waals surface area (Å²) in [6.07, 6.45) is 19.0. The first-order valence-corrected chi connectivity index (χ1v) is 10.9. The number of hydrogen-bond donors (Lipinski definition) is 0. The van der Waals surface area contributed by atoms with Gasteiger partial charge in [-0.3, -0.25) is 4.42 Å².